The van der Waals surface area contributed by atoms with E-state index in [4.69, 9.17) is 4.98 Å². The van der Waals surface area contributed by atoms with Crippen molar-refractivity contribution in [3.8, 4) is 11.3 Å². The van der Waals surface area contributed by atoms with Gasteiger partial charge in [-0.05, 0) is 51.3 Å². The van der Waals surface area contributed by atoms with Crippen molar-refractivity contribution in [2.75, 3.05) is 23.4 Å². The molecule has 0 amide bonds. The van der Waals surface area contributed by atoms with Crippen molar-refractivity contribution >= 4 is 23.5 Å². The summed E-state index contributed by atoms with van der Waals surface area (Å²) in [6, 6.07) is 2.28. The van der Waals surface area contributed by atoms with Crippen molar-refractivity contribution in [2.45, 2.75) is 69.5 Å². The fourth-order valence-corrected chi connectivity index (χ4v) is 3.79. The number of unbranched alkanes of at least 4 members (excludes halogenated alkanes) is 1. The highest BCUT2D eigenvalue weighted by Crippen LogP contribution is 2.30. The fourth-order valence-electron chi connectivity index (χ4n) is 3.34. The lowest BCUT2D eigenvalue weighted by Gasteiger charge is -2.27. The van der Waals surface area contributed by atoms with Gasteiger partial charge >= 0.3 is 0 Å². The van der Waals surface area contributed by atoms with Gasteiger partial charge in [0, 0.05) is 18.8 Å². The van der Waals surface area contributed by atoms with E-state index in [1.54, 1.807) is 11.8 Å². The van der Waals surface area contributed by atoms with E-state index in [9.17, 15) is 5.11 Å². The molecule has 8 heteroatoms. The summed E-state index contributed by atoms with van der Waals surface area (Å²) in [5.41, 5.74) is 1.71. The Bertz CT molecular complexity index is 779. The Hall–Kier alpha value is -1.93. The molecule has 0 aromatic carbocycles. The molecule has 1 fully saturated rings. The number of aryl methyl sites for hydroxylation is 1. The first-order valence-corrected chi connectivity index (χ1v) is 11.3. The van der Waals surface area contributed by atoms with Crippen LogP contribution in [0.15, 0.2) is 17.3 Å². The zero-order valence-corrected chi connectivity index (χ0v) is 17.7. The van der Waals surface area contributed by atoms with E-state index in [2.05, 4.69) is 32.5 Å². The Kier molecular flexibility index (Phi) is 7.44. The van der Waals surface area contributed by atoms with E-state index < -0.39 is 0 Å². The minimum Gasteiger partial charge on any atom is -0.393 e. The first kappa shape index (κ1) is 20.8. The highest BCUT2D eigenvalue weighted by Gasteiger charge is 2.22. The summed E-state index contributed by atoms with van der Waals surface area (Å²) >= 11 is 1.60. The van der Waals surface area contributed by atoms with Crippen molar-refractivity contribution in [3.05, 3.63) is 18.1 Å². The number of aliphatic hydroxyl groups is 1. The van der Waals surface area contributed by atoms with Gasteiger partial charge in [-0.1, -0.05) is 13.3 Å². The molecule has 2 aromatic heterocycles. The molecule has 3 N–H and O–H groups in total. The number of nitrogens with one attached hydrogen (secondary N) is 2. The van der Waals surface area contributed by atoms with Crippen molar-refractivity contribution in [1.82, 2.24) is 19.9 Å². The van der Waals surface area contributed by atoms with E-state index in [1.807, 2.05) is 25.4 Å². The Morgan fingerprint density at radius 1 is 1.18 bits per heavy atom. The summed E-state index contributed by atoms with van der Waals surface area (Å²) in [7, 11) is 0. The van der Waals surface area contributed by atoms with Gasteiger partial charge in [0.2, 0.25) is 5.95 Å². The highest BCUT2D eigenvalue weighted by molar-refractivity contribution is 7.98. The normalized spacial score (nSPS) is 19.4. The molecule has 0 radical (unpaired) electrons. The second-order valence-corrected chi connectivity index (χ2v) is 8.06. The summed E-state index contributed by atoms with van der Waals surface area (Å²) in [4.78, 5) is 18.3. The van der Waals surface area contributed by atoms with Gasteiger partial charge in [-0.15, -0.1) is 11.8 Å². The lowest BCUT2D eigenvalue weighted by molar-refractivity contribution is 0.126. The van der Waals surface area contributed by atoms with Gasteiger partial charge in [0.05, 0.1) is 17.4 Å². The largest absolute Gasteiger partial charge is 0.393 e. The second-order valence-electron chi connectivity index (χ2n) is 7.23. The third kappa shape index (κ3) is 5.54. The number of thioether (sulfide) groups is 1. The average molecular weight is 403 g/mol. The molecule has 2 heterocycles. The molecule has 3 rings (SSSR count). The molecule has 0 saturated heterocycles. The van der Waals surface area contributed by atoms with Crippen LogP contribution in [0.5, 0.6) is 0 Å². The van der Waals surface area contributed by atoms with E-state index in [0.717, 1.165) is 73.0 Å². The maximum atomic E-state index is 9.80. The standard InChI is InChI=1S/C20H30N6OS/c1-4-5-10-21-20-22-12-16(17-11-18(28-3)24-13(2)23-17)19(26-20)25-14-6-8-15(27)9-7-14/h11-12,14-15,27H,4-10H2,1-3H3,(H2,21,22,25,26). The topological polar surface area (TPSA) is 95.9 Å². The Labute approximate surface area is 171 Å². The monoisotopic (exact) mass is 402 g/mol. The molecule has 1 saturated carbocycles. The molecule has 0 atom stereocenters. The number of hydrogen-bond donors (Lipinski definition) is 3. The molecule has 0 bridgehead atoms. The van der Waals surface area contributed by atoms with Crippen LogP contribution in [-0.4, -0.2) is 50.0 Å². The van der Waals surface area contributed by atoms with Crippen LogP contribution in [-0.2, 0) is 0 Å². The number of hydrogen-bond acceptors (Lipinski definition) is 8. The van der Waals surface area contributed by atoms with Gasteiger partial charge in [0.1, 0.15) is 16.7 Å². The molecule has 2 aromatic rings. The number of aromatic nitrogens is 4. The smallest absolute Gasteiger partial charge is 0.224 e. The molecular formula is C20H30N6OS. The number of anilines is 2. The first-order valence-electron chi connectivity index (χ1n) is 10.0. The Balaban J connectivity index is 1.90. The zero-order valence-electron chi connectivity index (χ0n) is 16.9. The molecule has 0 spiro atoms. The summed E-state index contributed by atoms with van der Waals surface area (Å²) < 4.78 is 0. The minimum absolute atomic E-state index is 0.178. The van der Waals surface area contributed by atoms with E-state index >= 15 is 0 Å². The first-order chi connectivity index (χ1) is 13.6. The van der Waals surface area contributed by atoms with E-state index in [1.165, 1.54) is 0 Å². The molecule has 28 heavy (non-hydrogen) atoms. The molecule has 1 aliphatic rings. The van der Waals surface area contributed by atoms with Gasteiger partial charge in [0.25, 0.3) is 0 Å². The third-order valence-corrected chi connectivity index (χ3v) is 5.57. The SMILES string of the molecule is CCCCNc1ncc(-c2cc(SC)nc(C)n2)c(NC2CCC(O)CC2)n1. The van der Waals surface area contributed by atoms with Gasteiger partial charge in [-0.2, -0.15) is 4.98 Å². The maximum Gasteiger partial charge on any atom is 0.224 e. The summed E-state index contributed by atoms with van der Waals surface area (Å²) in [5, 5.41) is 17.6. The van der Waals surface area contributed by atoms with Crippen LogP contribution in [0.25, 0.3) is 11.3 Å². The van der Waals surface area contributed by atoms with Gasteiger partial charge in [0.15, 0.2) is 0 Å². The number of aliphatic hydroxyl groups excluding tert-OH is 1. The maximum absolute atomic E-state index is 9.80. The van der Waals surface area contributed by atoms with E-state index in [0.29, 0.717) is 12.0 Å². The lowest BCUT2D eigenvalue weighted by atomic mass is 9.93. The van der Waals surface area contributed by atoms with Gasteiger partial charge < -0.3 is 15.7 Å². The summed E-state index contributed by atoms with van der Waals surface area (Å²) in [6.07, 6.45) is 9.38. The van der Waals surface area contributed by atoms with Crippen molar-refractivity contribution in [1.29, 1.82) is 0 Å². The summed E-state index contributed by atoms with van der Waals surface area (Å²) in [6.45, 7) is 4.92. The van der Waals surface area contributed by atoms with Crippen LogP contribution < -0.4 is 10.6 Å². The molecule has 1 aliphatic carbocycles. The molecule has 152 valence electrons. The fraction of sp³-hybridized carbons (Fsp3) is 0.600. The molecule has 0 aliphatic heterocycles. The van der Waals surface area contributed by atoms with Gasteiger partial charge in [-0.3, -0.25) is 0 Å². The number of nitrogens with zero attached hydrogens (tertiary/aromatic N) is 4. The predicted octanol–water partition coefficient (Wildman–Crippen LogP) is 3.89. The van der Waals surface area contributed by atoms with Gasteiger partial charge in [-0.25, -0.2) is 15.0 Å². The lowest BCUT2D eigenvalue weighted by Crippen LogP contribution is -2.29. The summed E-state index contributed by atoms with van der Waals surface area (Å²) in [5.74, 6) is 2.16. The van der Waals surface area contributed by atoms with Crippen molar-refractivity contribution < 1.29 is 5.11 Å². The number of rotatable bonds is 8. The van der Waals surface area contributed by atoms with Crippen molar-refractivity contribution in [2.24, 2.45) is 0 Å². The second kappa shape index (κ2) is 10.0. The molecule has 0 unspecified atom stereocenters. The van der Waals surface area contributed by atoms with Crippen LogP contribution in [0.1, 0.15) is 51.3 Å². The highest BCUT2D eigenvalue weighted by atomic mass is 32.2. The van der Waals surface area contributed by atoms with Crippen LogP contribution in [0, 0.1) is 6.92 Å². The predicted molar refractivity (Wildman–Crippen MR) is 115 cm³/mol. The Morgan fingerprint density at radius 2 is 1.96 bits per heavy atom. The van der Waals surface area contributed by atoms with Crippen molar-refractivity contribution in [3.63, 3.8) is 0 Å². The van der Waals surface area contributed by atoms with Crippen LogP contribution in [0.3, 0.4) is 0 Å². The van der Waals surface area contributed by atoms with Crippen LogP contribution >= 0.6 is 11.8 Å². The quantitative estimate of drug-likeness (QED) is 0.348. The van der Waals surface area contributed by atoms with Crippen LogP contribution in [0.2, 0.25) is 0 Å². The molecular weight excluding hydrogens is 372 g/mol. The third-order valence-electron chi connectivity index (χ3n) is 4.94. The minimum atomic E-state index is -0.178. The average Bonchev–Trinajstić information content (AvgIpc) is 2.69. The zero-order chi connectivity index (χ0) is 19.9. The molecule has 7 nitrogen and oxygen atoms in total. The van der Waals surface area contributed by atoms with E-state index in [-0.39, 0.29) is 6.10 Å². The van der Waals surface area contributed by atoms with Crippen LogP contribution in [0.4, 0.5) is 11.8 Å². The Morgan fingerprint density at radius 3 is 2.68 bits per heavy atom.